The number of hydrogen-bond donors (Lipinski definition) is 0. The van der Waals surface area contributed by atoms with E-state index in [2.05, 4.69) is 123 Å². The Morgan fingerprint density at radius 1 is 0.815 bits per heavy atom. The highest BCUT2D eigenvalue weighted by Gasteiger charge is 2.34. The molecule has 0 spiro atoms. The van der Waals surface area contributed by atoms with Crippen molar-refractivity contribution in [2.75, 3.05) is 0 Å². The molecule has 2 aromatic rings. The molecule has 1 aliphatic rings. The third kappa shape index (κ3) is 3.98. The topological polar surface area (TPSA) is 0 Å². The Labute approximate surface area is 181 Å². The molecule has 1 unspecified atom stereocenters. The van der Waals surface area contributed by atoms with E-state index >= 15 is 0 Å². The maximum absolute atomic E-state index is 3.93. The van der Waals surface area contributed by atoms with Crippen LogP contribution in [0.2, 0.25) is 0 Å². The first-order valence-corrected chi connectivity index (χ1v) is 11.2. The second kappa shape index (κ2) is 6.88. The van der Waals surface area contributed by atoms with Crippen molar-refractivity contribution in [3.05, 3.63) is 56.0 Å². The fraction of sp³-hybridized carbons (Fsp3) is 0.440. The van der Waals surface area contributed by atoms with Crippen LogP contribution in [-0.4, -0.2) is 0 Å². The molecular weight excluding hydrogens is 460 g/mol. The summed E-state index contributed by atoms with van der Waals surface area (Å²) >= 11 is 7.84. The molecule has 0 saturated carbocycles. The van der Waals surface area contributed by atoms with Gasteiger partial charge in [0.1, 0.15) is 0 Å². The van der Waals surface area contributed by atoms with Gasteiger partial charge in [0, 0.05) is 14.4 Å². The van der Waals surface area contributed by atoms with Crippen LogP contribution in [0.25, 0.3) is 22.9 Å². The molecule has 0 amide bonds. The summed E-state index contributed by atoms with van der Waals surface area (Å²) in [6, 6.07) is 6.88. The molecule has 1 atom stereocenters. The van der Waals surface area contributed by atoms with E-state index in [1.165, 1.54) is 36.4 Å². The Kier molecular flexibility index (Phi) is 5.32. The summed E-state index contributed by atoms with van der Waals surface area (Å²) in [5, 5.41) is 2.54. The van der Waals surface area contributed by atoms with Crippen molar-refractivity contribution in [1.82, 2.24) is 0 Å². The fourth-order valence-corrected chi connectivity index (χ4v) is 4.97. The number of allylic oxidation sites excluding steroid dienone is 2. The lowest BCUT2D eigenvalue weighted by atomic mass is 9.68. The van der Waals surface area contributed by atoms with E-state index in [1.807, 2.05) is 0 Å². The van der Waals surface area contributed by atoms with Gasteiger partial charge in [0.2, 0.25) is 0 Å². The van der Waals surface area contributed by atoms with Gasteiger partial charge >= 0.3 is 0 Å². The molecule has 2 heteroatoms. The van der Waals surface area contributed by atoms with Gasteiger partial charge in [-0.15, -0.1) is 0 Å². The van der Waals surface area contributed by atoms with Crippen LogP contribution in [0.4, 0.5) is 0 Å². The summed E-state index contributed by atoms with van der Waals surface area (Å²) in [6.07, 6.45) is 10.4. The average molecular weight is 490 g/mol. The van der Waals surface area contributed by atoms with Crippen molar-refractivity contribution < 1.29 is 0 Å². The van der Waals surface area contributed by atoms with Crippen molar-refractivity contribution in [3.63, 3.8) is 0 Å². The molecule has 0 aromatic heterocycles. The van der Waals surface area contributed by atoms with Crippen LogP contribution in [0, 0.1) is 16.2 Å². The summed E-state index contributed by atoms with van der Waals surface area (Å²) in [7, 11) is 0. The number of benzene rings is 2. The SMILES string of the molecule is CC(C)(C)Cc1ccc2c(Br)c3c(c(Br)c2c1)C=CC(C)(C(C)(C)C)C=C3. The van der Waals surface area contributed by atoms with Gasteiger partial charge in [0.25, 0.3) is 0 Å². The average Bonchev–Trinajstić information content (AvgIpc) is 2.71. The van der Waals surface area contributed by atoms with Crippen LogP contribution in [0.5, 0.6) is 0 Å². The van der Waals surface area contributed by atoms with Crippen LogP contribution < -0.4 is 0 Å². The fourth-order valence-electron chi connectivity index (χ4n) is 3.61. The lowest BCUT2D eigenvalue weighted by molar-refractivity contribution is 0.230. The second-order valence-corrected chi connectivity index (χ2v) is 11.9. The Morgan fingerprint density at radius 3 is 1.81 bits per heavy atom. The first kappa shape index (κ1) is 20.9. The highest BCUT2D eigenvalue weighted by atomic mass is 79.9. The Hall–Kier alpha value is -0.860. The van der Waals surface area contributed by atoms with Crippen LogP contribution in [0.3, 0.4) is 0 Å². The lowest BCUT2D eigenvalue weighted by Crippen LogP contribution is -2.28. The molecule has 0 fully saturated rings. The molecule has 1 aliphatic carbocycles. The normalized spacial score (nSPS) is 20.0. The number of halogens is 2. The monoisotopic (exact) mass is 488 g/mol. The lowest BCUT2D eigenvalue weighted by Gasteiger charge is -2.37. The largest absolute Gasteiger partial charge is 0.0736 e. The van der Waals surface area contributed by atoms with Gasteiger partial charge in [-0.05, 0) is 82.6 Å². The smallest absolute Gasteiger partial charge is 0.0332 e. The summed E-state index contributed by atoms with van der Waals surface area (Å²) < 4.78 is 2.36. The number of fused-ring (bicyclic) bond motifs is 2. The molecule has 27 heavy (non-hydrogen) atoms. The predicted octanol–water partition coefficient (Wildman–Crippen LogP) is 9.05. The van der Waals surface area contributed by atoms with Gasteiger partial charge in [-0.25, -0.2) is 0 Å². The summed E-state index contributed by atoms with van der Waals surface area (Å²) in [4.78, 5) is 0. The molecule has 144 valence electrons. The minimum atomic E-state index is 0.00841. The van der Waals surface area contributed by atoms with E-state index < -0.39 is 0 Å². The maximum Gasteiger partial charge on any atom is 0.0332 e. The molecule has 0 N–H and O–H groups in total. The first-order valence-electron chi connectivity index (χ1n) is 9.64. The second-order valence-electron chi connectivity index (χ2n) is 10.3. The summed E-state index contributed by atoms with van der Waals surface area (Å²) in [5.74, 6) is 0. The molecule has 0 heterocycles. The zero-order chi connectivity index (χ0) is 20.2. The summed E-state index contributed by atoms with van der Waals surface area (Å²) in [5.41, 5.74) is 4.33. The molecule has 0 aliphatic heterocycles. The van der Waals surface area contributed by atoms with Crippen LogP contribution in [0.15, 0.2) is 39.3 Å². The molecular formula is C25H30Br2. The molecule has 0 bridgehead atoms. The van der Waals surface area contributed by atoms with E-state index in [4.69, 9.17) is 0 Å². The Morgan fingerprint density at radius 2 is 1.33 bits per heavy atom. The van der Waals surface area contributed by atoms with Crippen LogP contribution >= 0.6 is 31.9 Å². The highest BCUT2D eigenvalue weighted by molar-refractivity contribution is 9.11. The van der Waals surface area contributed by atoms with E-state index in [-0.39, 0.29) is 16.2 Å². The van der Waals surface area contributed by atoms with Gasteiger partial charge in [0.05, 0.1) is 0 Å². The third-order valence-electron chi connectivity index (χ3n) is 5.86. The minimum Gasteiger partial charge on any atom is -0.0736 e. The van der Waals surface area contributed by atoms with E-state index in [0.29, 0.717) is 0 Å². The van der Waals surface area contributed by atoms with E-state index in [1.54, 1.807) is 0 Å². The van der Waals surface area contributed by atoms with Gasteiger partial charge in [-0.2, -0.15) is 0 Å². The van der Waals surface area contributed by atoms with Crippen molar-refractivity contribution >= 4 is 54.8 Å². The van der Waals surface area contributed by atoms with Crippen molar-refractivity contribution in [2.24, 2.45) is 16.2 Å². The number of hydrogen-bond acceptors (Lipinski definition) is 0. The Bertz CT molecular complexity index is 949. The zero-order valence-electron chi connectivity index (χ0n) is 17.5. The molecule has 0 saturated heterocycles. The maximum atomic E-state index is 3.93. The highest BCUT2D eigenvalue weighted by Crippen LogP contribution is 2.47. The molecule has 0 nitrogen and oxygen atoms in total. The Balaban J connectivity index is 2.23. The van der Waals surface area contributed by atoms with Gasteiger partial charge in [0.15, 0.2) is 0 Å². The first-order chi connectivity index (χ1) is 12.3. The summed E-state index contributed by atoms with van der Waals surface area (Å²) in [6.45, 7) is 16.1. The van der Waals surface area contributed by atoms with Crippen molar-refractivity contribution in [2.45, 2.75) is 54.9 Å². The quantitative estimate of drug-likeness (QED) is 0.374. The van der Waals surface area contributed by atoms with Crippen LogP contribution in [-0.2, 0) is 6.42 Å². The van der Waals surface area contributed by atoms with Crippen molar-refractivity contribution in [1.29, 1.82) is 0 Å². The minimum absolute atomic E-state index is 0.00841. The van der Waals surface area contributed by atoms with E-state index in [0.717, 1.165) is 6.42 Å². The molecule has 0 radical (unpaired) electrons. The van der Waals surface area contributed by atoms with E-state index in [9.17, 15) is 0 Å². The van der Waals surface area contributed by atoms with Gasteiger partial charge in [-0.1, -0.05) is 84.9 Å². The third-order valence-corrected chi connectivity index (χ3v) is 7.57. The predicted molar refractivity (Wildman–Crippen MR) is 128 cm³/mol. The molecule has 2 aromatic carbocycles. The van der Waals surface area contributed by atoms with Crippen molar-refractivity contribution in [3.8, 4) is 0 Å². The van der Waals surface area contributed by atoms with Crippen LogP contribution in [0.1, 0.15) is 65.2 Å². The number of rotatable bonds is 1. The molecule has 3 rings (SSSR count). The standard InChI is InChI=1S/C25H30Br2/c1-23(2,3)15-16-8-9-17-20(14-16)22(27)19-11-13-25(7,24(4,5)6)12-10-18(19)21(17)26/h8-14H,15H2,1-7H3. The zero-order valence-corrected chi connectivity index (χ0v) is 20.7. The van der Waals surface area contributed by atoms with Gasteiger partial charge < -0.3 is 0 Å². The van der Waals surface area contributed by atoms with Gasteiger partial charge in [-0.3, -0.25) is 0 Å².